The van der Waals surface area contributed by atoms with Gasteiger partial charge in [-0.2, -0.15) is 0 Å². The van der Waals surface area contributed by atoms with Crippen molar-refractivity contribution in [2.75, 3.05) is 5.75 Å². The van der Waals surface area contributed by atoms with E-state index < -0.39 is 0 Å². The van der Waals surface area contributed by atoms with Gasteiger partial charge in [0.2, 0.25) is 5.91 Å². The van der Waals surface area contributed by atoms with Crippen molar-refractivity contribution in [3.05, 3.63) is 48.0 Å². The molecule has 0 aliphatic carbocycles. The largest absolute Gasteiger partial charge is 0.504 e. The summed E-state index contributed by atoms with van der Waals surface area (Å²) >= 11 is 1.22. The first-order valence-electron chi connectivity index (χ1n) is 6.88. The van der Waals surface area contributed by atoms with Crippen LogP contribution in [0.1, 0.15) is 5.56 Å². The maximum Gasteiger partial charge on any atom is 0.257 e. The highest BCUT2D eigenvalue weighted by Gasteiger charge is 2.09. The van der Waals surface area contributed by atoms with Gasteiger partial charge >= 0.3 is 0 Å². The summed E-state index contributed by atoms with van der Waals surface area (Å²) in [6, 6.07) is 11.8. The van der Waals surface area contributed by atoms with E-state index in [2.05, 4.69) is 10.3 Å². The van der Waals surface area contributed by atoms with Crippen molar-refractivity contribution < 1.29 is 19.4 Å². The third-order valence-electron chi connectivity index (χ3n) is 3.13. The molecule has 118 valence electrons. The van der Waals surface area contributed by atoms with Crippen molar-refractivity contribution in [2.45, 2.75) is 11.8 Å². The number of thioether (sulfide) groups is 1. The van der Waals surface area contributed by atoms with Gasteiger partial charge in [0.25, 0.3) is 5.22 Å². The first-order chi connectivity index (χ1) is 11.1. The Labute approximate surface area is 136 Å². The summed E-state index contributed by atoms with van der Waals surface area (Å²) in [5, 5.41) is 21.8. The predicted octanol–water partition coefficient (Wildman–Crippen LogP) is 2.65. The number of nitrogens with one attached hydrogen (secondary N) is 1. The van der Waals surface area contributed by atoms with Crippen LogP contribution >= 0.6 is 11.8 Å². The SMILES string of the molecule is O=C(CSc1nc2ccccc2o1)NCc1ccc(O)c(O)c1. The molecule has 3 N–H and O–H groups in total. The monoisotopic (exact) mass is 330 g/mol. The van der Waals surface area contributed by atoms with Gasteiger partial charge in [-0.3, -0.25) is 4.79 Å². The van der Waals surface area contributed by atoms with Crippen molar-refractivity contribution >= 4 is 28.8 Å². The number of oxazole rings is 1. The number of fused-ring (bicyclic) bond motifs is 1. The minimum Gasteiger partial charge on any atom is -0.504 e. The molecule has 1 aromatic heterocycles. The molecule has 23 heavy (non-hydrogen) atoms. The summed E-state index contributed by atoms with van der Waals surface area (Å²) < 4.78 is 5.52. The molecule has 0 saturated carbocycles. The van der Waals surface area contributed by atoms with Gasteiger partial charge in [0.05, 0.1) is 5.75 Å². The number of rotatable bonds is 5. The summed E-state index contributed by atoms with van der Waals surface area (Å²) in [6.07, 6.45) is 0. The zero-order chi connectivity index (χ0) is 16.2. The lowest BCUT2D eigenvalue weighted by Gasteiger charge is -2.05. The molecule has 0 saturated heterocycles. The Morgan fingerprint density at radius 1 is 1.17 bits per heavy atom. The Hall–Kier alpha value is -2.67. The van der Waals surface area contributed by atoms with Gasteiger partial charge in [-0.1, -0.05) is 30.0 Å². The number of amides is 1. The number of para-hydroxylation sites is 2. The molecule has 1 heterocycles. The normalized spacial score (nSPS) is 10.8. The number of carbonyl (C=O) groups excluding carboxylic acids is 1. The predicted molar refractivity (Wildman–Crippen MR) is 86.4 cm³/mol. The van der Waals surface area contributed by atoms with Crippen molar-refractivity contribution in [1.82, 2.24) is 10.3 Å². The third-order valence-corrected chi connectivity index (χ3v) is 3.96. The first kappa shape index (κ1) is 15.2. The van der Waals surface area contributed by atoms with Crippen LogP contribution in [0.3, 0.4) is 0 Å². The van der Waals surface area contributed by atoms with E-state index >= 15 is 0 Å². The third kappa shape index (κ3) is 3.75. The highest BCUT2D eigenvalue weighted by atomic mass is 32.2. The van der Waals surface area contributed by atoms with Crippen LogP contribution in [0.25, 0.3) is 11.1 Å². The fourth-order valence-electron chi connectivity index (χ4n) is 1.97. The number of aromatic hydroxyl groups is 2. The lowest BCUT2D eigenvalue weighted by atomic mass is 10.2. The smallest absolute Gasteiger partial charge is 0.257 e. The topological polar surface area (TPSA) is 95.6 Å². The summed E-state index contributed by atoms with van der Waals surface area (Å²) in [7, 11) is 0. The highest BCUT2D eigenvalue weighted by Crippen LogP contribution is 2.25. The molecule has 0 spiro atoms. The minimum absolute atomic E-state index is 0.176. The number of aromatic nitrogens is 1. The second-order valence-corrected chi connectivity index (χ2v) is 5.76. The Balaban J connectivity index is 1.52. The Morgan fingerprint density at radius 2 is 2.00 bits per heavy atom. The van der Waals surface area contributed by atoms with Crippen molar-refractivity contribution in [1.29, 1.82) is 0 Å². The zero-order valence-electron chi connectivity index (χ0n) is 12.0. The lowest BCUT2D eigenvalue weighted by molar-refractivity contribution is -0.118. The van der Waals surface area contributed by atoms with Crippen LogP contribution in [-0.2, 0) is 11.3 Å². The number of phenolic OH excluding ortho intramolecular Hbond substituents is 2. The van der Waals surface area contributed by atoms with E-state index in [-0.39, 0.29) is 29.7 Å². The number of phenols is 2. The molecule has 7 heteroatoms. The van der Waals surface area contributed by atoms with Crippen LogP contribution in [0.15, 0.2) is 52.1 Å². The fourth-order valence-corrected chi connectivity index (χ4v) is 2.64. The molecule has 3 rings (SSSR count). The van der Waals surface area contributed by atoms with Gasteiger partial charge in [-0.15, -0.1) is 0 Å². The Kier molecular flexibility index (Phi) is 4.38. The van der Waals surface area contributed by atoms with Crippen LogP contribution in [0, 0.1) is 0 Å². The molecule has 0 unspecified atom stereocenters. The molecular formula is C16H14N2O4S. The lowest BCUT2D eigenvalue weighted by Crippen LogP contribution is -2.24. The number of benzene rings is 2. The first-order valence-corrected chi connectivity index (χ1v) is 7.86. The molecule has 0 bridgehead atoms. The van der Waals surface area contributed by atoms with Gasteiger partial charge in [0.1, 0.15) is 5.52 Å². The Morgan fingerprint density at radius 3 is 2.78 bits per heavy atom. The van der Waals surface area contributed by atoms with Crippen LogP contribution in [0.4, 0.5) is 0 Å². The number of nitrogens with zero attached hydrogens (tertiary/aromatic N) is 1. The molecule has 2 aromatic carbocycles. The van der Waals surface area contributed by atoms with Gasteiger partial charge in [0, 0.05) is 6.54 Å². The molecular weight excluding hydrogens is 316 g/mol. The van der Waals surface area contributed by atoms with E-state index in [4.69, 9.17) is 4.42 Å². The molecule has 1 amide bonds. The summed E-state index contributed by atoms with van der Waals surface area (Å²) in [5.41, 5.74) is 2.14. The van der Waals surface area contributed by atoms with E-state index in [0.717, 1.165) is 5.52 Å². The van der Waals surface area contributed by atoms with E-state index in [9.17, 15) is 15.0 Å². The quantitative estimate of drug-likeness (QED) is 0.492. The van der Waals surface area contributed by atoms with Crippen LogP contribution < -0.4 is 5.32 Å². The minimum atomic E-state index is -0.211. The van der Waals surface area contributed by atoms with Gasteiger partial charge in [-0.05, 0) is 29.8 Å². The van der Waals surface area contributed by atoms with E-state index in [1.165, 1.54) is 23.9 Å². The maximum atomic E-state index is 11.8. The van der Waals surface area contributed by atoms with Crippen LogP contribution in [0.5, 0.6) is 11.5 Å². The van der Waals surface area contributed by atoms with Gasteiger partial charge in [0.15, 0.2) is 17.1 Å². The maximum absolute atomic E-state index is 11.8. The molecule has 0 aliphatic rings. The Bertz CT molecular complexity index is 814. The van der Waals surface area contributed by atoms with Crippen molar-refractivity contribution in [2.24, 2.45) is 0 Å². The number of hydrogen-bond donors (Lipinski definition) is 3. The number of carbonyl (C=O) groups is 1. The average molecular weight is 330 g/mol. The van der Waals surface area contributed by atoms with E-state index in [0.29, 0.717) is 16.4 Å². The average Bonchev–Trinajstić information content (AvgIpc) is 2.97. The molecule has 0 atom stereocenters. The highest BCUT2D eigenvalue weighted by molar-refractivity contribution is 7.99. The summed E-state index contributed by atoms with van der Waals surface area (Å²) in [4.78, 5) is 16.1. The second kappa shape index (κ2) is 6.62. The van der Waals surface area contributed by atoms with Crippen molar-refractivity contribution in [3.8, 4) is 11.5 Å². The fraction of sp³-hybridized carbons (Fsp3) is 0.125. The number of hydrogen-bond acceptors (Lipinski definition) is 6. The summed E-state index contributed by atoms with van der Waals surface area (Å²) in [5.74, 6) is -0.398. The van der Waals surface area contributed by atoms with Crippen molar-refractivity contribution in [3.63, 3.8) is 0 Å². The molecule has 0 aliphatic heterocycles. The second-order valence-electron chi connectivity index (χ2n) is 4.84. The standard InChI is InChI=1S/C16H14N2O4S/c19-12-6-5-10(7-13(12)20)8-17-15(21)9-23-16-18-11-3-1-2-4-14(11)22-16/h1-7,19-20H,8-9H2,(H,17,21). The van der Waals surface area contributed by atoms with E-state index in [1.807, 2.05) is 24.3 Å². The molecule has 6 nitrogen and oxygen atoms in total. The van der Waals surface area contributed by atoms with Crippen LogP contribution in [0.2, 0.25) is 0 Å². The molecule has 0 fully saturated rings. The zero-order valence-corrected chi connectivity index (χ0v) is 12.8. The van der Waals surface area contributed by atoms with E-state index in [1.54, 1.807) is 6.07 Å². The van der Waals surface area contributed by atoms with Gasteiger partial charge in [-0.25, -0.2) is 4.98 Å². The summed E-state index contributed by atoms with van der Waals surface area (Å²) in [6.45, 7) is 0.265. The molecule has 3 aromatic rings. The van der Waals surface area contributed by atoms with Crippen LogP contribution in [-0.4, -0.2) is 26.9 Å². The van der Waals surface area contributed by atoms with Gasteiger partial charge < -0.3 is 19.9 Å². The molecule has 0 radical (unpaired) electrons.